The monoisotopic (exact) mass is 277 g/mol. The maximum atomic E-state index is 8.75. The number of nitrogens with zero attached hydrogens (tertiary/aromatic N) is 1. The summed E-state index contributed by atoms with van der Waals surface area (Å²) in [5.41, 5.74) is 3.54. The molecule has 0 aliphatic rings. The molecule has 0 saturated carbocycles. The van der Waals surface area contributed by atoms with Crippen LogP contribution in [0.2, 0.25) is 0 Å². The molecule has 3 nitrogen and oxygen atoms in total. The molecule has 1 N–H and O–H groups in total. The van der Waals surface area contributed by atoms with E-state index in [2.05, 4.69) is 17.9 Å². The van der Waals surface area contributed by atoms with Crippen LogP contribution in [-0.2, 0) is 6.61 Å². The van der Waals surface area contributed by atoms with Gasteiger partial charge in [-0.15, -0.1) is 0 Å². The molecule has 0 radical (unpaired) electrons. The average Bonchev–Trinajstić information content (AvgIpc) is 2.52. The second-order valence-corrected chi connectivity index (χ2v) is 4.53. The second kappa shape index (κ2) is 7.14. The van der Waals surface area contributed by atoms with Crippen molar-refractivity contribution in [2.24, 2.45) is 0 Å². The number of aliphatic hydroxyl groups excluding tert-OH is 1. The minimum atomic E-state index is -0.142. The lowest BCUT2D eigenvalue weighted by atomic mass is 10.1. The Bertz CT molecular complexity index is 716. The van der Waals surface area contributed by atoms with Gasteiger partial charge in [-0.25, -0.2) is 0 Å². The lowest BCUT2D eigenvalue weighted by Crippen LogP contribution is -1.96. The van der Waals surface area contributed by atoms with Gasteiger partial charge in [0.2, 0.25) is 0 Å². The van der Waals surface area contributed by atoms with Crippen molar-refractivity contribution in [3.05, 3.63) is 64.7 Å². The molecule has 0 amide bonds. The molecule has 0 unspecified atom stereocenters. The zero-order chi connectivity index (χ0) is 15.1. The van der Waals surface area contributed by atoms with E-state index in [0.29, 0.717) is 12.2 Å². The molecule has 21 heavy (non-hydrogen) atoms. The van der Waals surface area contributed by atoms with Gasteiger partial charge in [0, 0.05) is 5.56 Å². The maximum Gasteiger partial charge on any atom is 0.120 e. The lowest BCUT2D eigenvalue weighted by molar-refractivity contribution is 0.306. The van der Waals surface area contributed by atoms with Gasteiger partial charge in [-0.3, -0.25) is 0 Å². The molecule has 3 heteroatoms. The van der Waals surface area contributed by atoms with Gasteiger partial charge < -0.3 is 9.84 Å². The largest absolute Gasteiger partial charge is 0.489 e. The van der Waals surface area contributed by atoms with E-state index in [1.165, 1.54) is 0 Å². The molecular formula is C18H15NO2. The average molecular weight is 277 g/mol. The van der Waals surface area contributed by atoms with Crippen LogP contribution in [0.1, 0.15) is 22.3 Å². The Morgan fingerprint density at radius 2 is 1.90 bits per heavy atom. The van der Waals surface area contributed by atoms with Crippen LogP contribution in [0.5, 0.6) is 5.75 Å². The first kappa shape index (κ1) is 14.7. The third-order valence-electron chi connectivity index (χ3n) is 2.99. The van der Waals surface area contributed by atoms with E-state index >= 15 is 0 Å². The minimum Gasteiger partial charge on any atom is -0.489 e. The highest BCUT2D eigenvalue weighted by atomic mass is 16.5. The minimum absolute atomic E-state index is 0.142. The smallest absolute Gasteiger partial charge is 0.120 e. The predicted molar refractivity (Wildman–Crippen MR) is 80.6 cm³/mol. The highest BCUT2D eigenvalue weighted by Gasteiger charge is 2.00. The fourth-order valence-electron chi connectivity index (χ4n) is 1.84. The SMILES string of the molecule is Cc1cc(OCc2ccc(C#N)cc2)ccc1C#CCO. The Morgan fingerprint density at radius 1 is 1.14 bits per heavy atom. The van der Waals surface area contributed by atoms with Gasteiger partial charge in [0.1, 0.15) is 19.0 Å². The van der Waals surface area contributed by atoms with Crippen LogP contribution in [0, 0.1) is 30.1 Å². The van der Waals surface area contributed by atoms with Crippen molar-refractivity contribution in [2.45, 2.75) is 13.5 Å². The summed E-state index contributed by atoms with van der Waals surface area (Å²) < 4.78 is 5.73. The first-order valence-corrected chi connectivity index (χ1v) is 6.55. The summed E-state index contributed by atoms with van der Waals surface area (Å²) in [6, 6.07) is 15.1. The predicted octanol–water partition coefficient (Wildman–Crippen LogP) is 2.79. The van der Waals surface area contributed by atoms with Crippen molar-refractivity contribution in [2.75, 3.05) is 6.61 Å². The topological polar surface area (TPSA) is 53.2 Å². The summed E-state index contributed by atoms with van der Waals surface area (Å²) in [5, 5.41) is 17.4. The molecule has 0 bridgehead atoms. The van der Waals surface area contributed by atoms with Gasteiger partial charge in [-0.05, 0) is 48.4 Å². The first-order chi connectivity index (χ1) is 10.2. The number of rotatable bonds is 3. The van der Waals surface area contributed by atoms with Crippen molar-refractivity contribution < 1.29 is 9.84 Å². The highest BCUT2D eigenvalue weighted by molar-refractivity contribution is 5.44. The van der Waals surface area contributed by atoms with Crippen molar-refractivity contribution >= 4 is 0 Å². The molecule has 0 heterocycles. The molecule has 0 atom stereocenters. The second-order valence-electron chi connectivity index (χ2n) is 4.53. The zero-order valence-corrected chi connectivity index (χ0v) is 11.8. The van der Waals surface area contributed by atoms with Crippen LogP contribution in [0.4, 0.5) is 0 Å². The molecule has 0 saturated heterocycles. The van der Waals surface area contributed by atoms with Crippen LogP contribution in [0.3, 0.4) is 0 Å². The molecule has 0 aliphatic carbocycles. The van der Waals surface area contributed by atoms with E-state index in [4.69, 9.17) is 15.1 Å². The number of aryl methyl sites for hydroxylation is 1. The Balaban J connectivity index is 2.03. The van der Waals surface area contributed by atoms with Crippen molar-refractivity contribution in [3.63, 3.8) is 0 Å². The fourth-order valence-corrected chi connectivity index (χ4v) is 1.84. The van der Waals surface area contributed by atoms with Crippen LogP contribution in [-0.4, -0.2) is 11.7 Å². The van der Waals surface area contributed by atoms with E-state index in [1.807, 2.05) is 37.3 Å². The number of hydrogen-bond donors (Lipinski definition) is 1. The molecule has 2 aromatic carbocycles. The molecule has 0 aliphatic heterocycles. The Hall–Kier alpha value is -2.75. The van der Waals surface area contributed by atoms with Gasteiger partial charge in [0.15, 0.2) is 0 Å². The molecule has 104 valence electrons. The number of nitriles is 1. The van der Waals surface area contributed by atoms with E-state index in [-0.39, 0.29) is 6.61 Å². The third-order valence-corrected chi connectivity index (χ3v) is 2.99. The van der Waals surface area contributed by atoms with Gasteiger partial charge in [-0.2, -0.15) is 5.26 Å². The van der Waals surface area contributed by atoms with Crippen molar-refractivity contribution in [1.29, 1.82) is 5.26 Å². The van der Waals surface area contributed by atoms with Crippen molar-refractivity contribution in [1.82, 2.24) is 0 Å². The van der Waals surface area contributed by atoms with Gasteiger partial charge >= 0.3 is 0 Å². The Labute approximate surface area is 124 Å². The lowest BCUT2D eigenvalue weighted by Gasteiger charge is -2.08. The number of aliphatic hydroxyl groups is 1. The summed E-state index contributed by atoms with van der Waals surface area (Å²) in [5.74, 6) is 6.29. The van der Waals surface area contributed by atoms with E-state index < -0.39 is 0 Å². The number of hydrogen-bond acceptors (Lipinski definition) is 3. The van der Waals surface area contributed by atoms with Crippen LogP contribution in [0.25, 0.3) is 0 Å². The van der Waals surface area contributed by atoms with E-state index in [1.54, 1.807) is 12.1 Å². The fraction of sp³-hybridized carbons (Fsp3) is 0.167. The quantitative estimate of drug-likeness (QED) is 0.878. The number of benzene rings is 2. The summed E-state index contributed by atoms with van der Waals surface area (Å²) >= 11 is 0. The molecule has 0 spiro atoms. The third kappa shape index (κ3) is 4.11. The summed E-state index contributed by atoms with van der Waals surface area (Å²) in [6.07, 6.45) is 0. The van der Waals surface area contributed by atoms with Crippen molar-refractivity contribution in [3.8, 4) is 23.7 Å². The molecular weight excluding hydrogens is 262 g/mol. The van der Waals surface area contributed by atoms with Gasteiger partial charge in [0.25, 0.3) is 0 Å². The zero-order valence-electron chi connectivity index (χ0n) is 11.8. The standard InChI is InChI=1S/C18H15NO2/c1-14-11-18(9-8-17(14)3-2-10-20)21-13-16-6-4-15(12-19)5-7-16/h4-9,11,20H,10,13H2,1H3. The summed E-state index contributed by atoms with van der Waals surface area (Å²) in [4.78, 5) is 0. The van der Waals surface area contributed by atoms with Crippen LogP contribution in [0.15, 0.2) is 42.5 Å². The molecule has 2 aromatic rings. The van der Waals surface area contributed by atoms with E-state index in [9.17, 15) is 0 Å². The normalized spacial score (nSPS) is 9.38. The van der Waals surface area contributed by atoms with Crippen LogP contribution >= 0.6 is 0 Å². The summed E-state index contributed by atoms with van der Waals surface area (Å²) in [6.45, 7) is 2.26. The highest BCUT2D eigenvalue weighted by Crippen LogP contribution is 2.18. The Kier molecular flexibility index (Phi) is 4.99. The van der Waals surface area contributed by atoms with Crippen LogP contribution < -0.4 is 4.74 Å². The molecule has 0 fully saturated rings. The molecule has 0 aromatic heterocycles. The van der Waals surface area contributed by atoms with Gasteiger partial charge in [0.05, 0.1) is 11.6 Å². The Morgan fingerprint density at radius 3 is 2.52 bits per heavy atom. The summed E-state index contributed by atoms with van der Waals surface area (Å²) in [7, 11) is 0. The number of ether oxygens (including phenoxy) is 1. The van der Waals surface area contributed by atoms with E-state index in [0.717, 1.165) is 22.4 Å². The van der Waals surface area contributed by atoms with Gasteiger partial charge in [-0.1, -0.05) is 24.0 Å². The molecule has 2 rings (SSSR count). The first-order valence-electron chi connectivity index (χ1n) is 6.55. The maximum absolute atomic E-state index is 8.75.